The summed E-state index contributed by atoms with van der Waals surface area (Å²) in [5.74, 6) is -2.00. The molecule has 9 heteroatoms. The summed E-state index contributed by atoms with van der Waals surface area (Å²) in [5.41, 5.74) is 0. The van der Waals surface area contributed by atoms with E-state index in [0.29, 0.717) is 23.9 Å². The monoisotopic (exact) mass is 1190 g/mol. The van der Waals surface area contributed by atoms with Crippen LogP contribution in [0.2, 0.25) is 0 Å². The lowest BCUT2D eigenvalue weighted by molar-refractivity contribution is -0.870. The topological polar surface area (TPSA) is 108 Å². The molecule has 0 aromatic rings. The molecule has 0 aromatic carbocycles. The molecule has 0 aliphatic rings. The molecular weight excluding hydrogens is 1050 g/mol. The van der Waals surface area contributed by atoms with Crippen LogP contribution in [0.1, 0.15) is 296 Å². The fourth-order valence-corrected chi connectivity index (χ4v) is 9.74. The van der Waals surface area contributed by atoms with E-state index in [0.717, 1.165) is 96.3 Å². The van der Waals surface area contributed by atoms with Gasteiger partial charge in [0.25, 0.3) is 6.29 Å². The van der Waals surface area contributed by atoms with Crippen LogP contribution in [0.4, 0.5) is 0 Å². The molecule has 0 heterocycles. The van der Waals surface area contributed by atoms with Crippen molar-refractivity contribution in [1.29, 1.82) is 0 Å². The highest BCUT2D eigenvalue weighted by Crippen LogP contribution is 2.18. The SMILES string of the molecule is CC/C=C\C/C=C\C/C=C\C/C=C\C/C=C\CCCCCCCCCCCCCC(=O)OC(COC(=O)CCCCCCCCCCCCCCCCCCCCCC/C=C\C/C=C\C/C=C\C/C=C\CC)COC(OCC[N+](C)(C)C)C(=O)O. The standard InChI is InChI=1S/C76H131NO8/c1-6-8-10-12-14-16-18-20-22-24-26-28-30-32-34-35-36-37-38-39-41-42-44-46-48-50-52-54-56-58-60-62-64-66-73(78)83-70-72(71-84-76(75(80)81)82-69-68-77(3,4)5)85-74(79)67-65-63-61-59-57-55-53-51-49-47-45-43-40-33-31-29-27-25-23-21-19-17-15-13-11-9-7-2/h8-11,14-17,20-23,26-29,33,40,72,76H,6-7,12-13,18-19,24-25,30-32,34-39,41-71H2,1-5H3/p+1/b10-8-,11-9-,16-14-,17-15-,22-20-,23-21-,28-26-,29-27-,40-33-. The van der Waals surface area contributed by atoms with Crippen LogP contribution in [-0.2, 0) is 33.3 Å². The Morgan fingerprint density at radius 2 is 0.635 bits per heavy atom. The van der Waals surface area contributed by atoms with E-state index < -0.39 is 24.3 Å². The summed E-state index contributed by atoms with van der Waals surface area (Å²) in [6.45, 7) is 4.67. The molecule has 0 spiro atoms. The van der Waals surface area contributed by atoms with Gasteiger partial charge in [-0.15, -0.1) is 0 Å². The third-order valence-electron chi connectivity index (χ3n) is 15.0. The molecule has 9 nitrogen and oxygen atoms in total. The summed E-state index contributed by atoms with van der Waals surface area (Å²) in [5, 5.41) is 9.75. The minimum atomic E-state index is -1.52. The number of unbranched alkanes of at least 4 members (excludes halogenated alkanes) is 31. The average Bonchev–Trinajstić information content (AvgIpc) is 3.48. The van der Waals surface area contributed by atoms with Gasteiger partial charge >= 0.3 is 17.9 Å². The number of quaternary nitrogens is 1. The number of likely N-dealkylation sites (N-methyl/N-ethyl adjacent to an activating group) is 1. The van der Waals surface area contributed by atoms with Crippen LogP contribution in [0.3, 0.4) is 0 Å². The van der Waals surface area contributed by atoms with Gasteiger partial charge < -0.3 is 28.5 Å². The highest BCUT2D eigenvalue weighted by atomic mass is 16.7. The first-order chi connectivity index (χ1) is 41.6. The number of rotatable bonds is 64. The first-order valence-electron chi connectivity index (χ1n) is 35.1. The van der Waals surface area contributed by atoms with E-state index in [-0.39, 0.29) is 32.2 Å². The molecular formula is C76H132NO8+. The summed E-state index contributed by atoms with van der Waals surface area (Å²) < 4.78 is 23.0. The number of nitrogens with zero attached hydrogens (tertiary/aromatic N) is 1. The lowest BCUT2D eigenvalue weighted by Crippen LogP contribution is -2.40. The average molecular weight is 1190 g/mol. The molecule has 0 fully saturated rings. The number of carboxylic acids is 1. The van der Waals surface area contributed by atoms with Crippen LogP contribution >= 0.6 is 0 Å². The van der Waals surface area contributed by atoms with Gasteiger partial charge in [0, 0.05) is 12.8 Å². The summed E-state index contributed by atoms with van der Waals surface area (Å²) in [6, 6.07) is 0. The van der Waals surface area contributed by atoms with Crippen molar-refractivity contribution in [3.8, 4) is 0 Å². The number of esters is 2. The number of hydrogen-bond acceptors (Lipinski definition) is 7. The van der Waals surface area contributed by atoms with Gasteiger partial charge in [-0.25, -0.2) is 4.79 Å². The van der Waals surface area contributed by atoms with Gasteiger partial charge in [0.15, 0.2) is 6.10 Å². The molecule has 1 N–H and O–H groups in total. The zero-order valence-corrected chi connectivity index (χ0v) is 55.7. The van der Waals surface area contributed by atoms with Gasteiger partial charge in [0.1, 0.15) is 13.2 Å². The van der Waals surface area contributed by atoms with Crippen LogP contribution in [0.15, 0.2) is 109 Å². The fourth-order valence-electron chi connectivity index (χ4n) is 9.74. The van der Waals surface area contributed by atoms with E-state index in [9.17, 15) is 19.5 Å². The number of carbonyl (C=O) groups excluding carboxylic acids is 2. The molecule has 2 atom stereocenters. The minimum Gasteiger partial charge on any atom is -0.477 e. The quantitative estimate of drug-likeness (QED) is 0.0211. The number of allylic oxidation sites excluding steroid dienone is 18. The van der Waals surface area contributed by atoms with Crippen LogP contribution in [0.25, 0.3) is 0 Å². The molecule has 0 bridgehead atoms. The van der Waals surface area contributed by atoms with E-state index >= 15 is 0 Å². The lowest BCUT2D eigenvalue weighted by Gasteiger charge is -2.25. The van der Waals surface area contributed by atoms with Gasteiger partial charge in [-0.3, -0.25) is 9.59 Å². The van der Waals surface area contributed by atoms with Gasteiger partial charge in [-0.1, -0.05) is 297 Å². The Bertz CT molecular complexity index is 1760. The second-order valence-corrected chi connectivity index (χ2v) is 24.4. The largest absolute Gasteiger partial charge is 0.477 e. The van der Waals surface area contributed by atoms with E-state index in [2.05, 4.69) is 123 Å². The highest BCUT2D eigenvalue weighted by molar-refractivity contribution is 5.71. The molecule has 0 saturated heterocycles. The fraction of sp³-hybridized carbons (Fsp3) is 0.724. The number of carbonyl (C=O) groups is 3. The Labute approximate surface area is 524 Å². The van der Waals surface area contributed by atoms with Crippen LogP contribution < -0.4 is 0 Å². The normalized spacial score (nSPS) is 13.4. The first-order valence-corrected chi connectivity index (χ1v) is 35.1. The maximum absolute atomic E-state index is 12.9. The maximum Gasteiger partial charge on any atom is 0.361 e. The van der Waals surface area contributed by atoms with E-state index in [1.165, 1.54) is 167 Å². The van der Waals surface area contributed by atoms with Crippen molar-refractivity contribution in [2.24, 2.45) is 0 Å². The molecule has 0 rings (SSSR count). The predicted octanol–water partition coefficient (Wildman–Crippen LogP) is 21.8. The minimum absolute atomic E-state index is 0.184. The molecule has 0 amide bonds. The second kappa shape index (κ2) is 65.9. The number of carboxylic acid groups (broad SMARTS) is 1. The highest BCUT2D eigenvalue weighted by Gasteiger charge is 2.25. The molecule has 488 valence electrons. The van der Waals surface area contributed by atoms with E-state index in [4.69, 9.17) is 18.9 Å². The summed E-state index contributed by atoms with van der Waals surface area (Å²) in [4.78, 5) is 37.6. The smallest absolute Gasteiger partial charge is 0.361 e. The molecule has 2 unspecified atom stereocenters. The number of hydrogen-bond donors (Lipinski definition) is 1. The zero-order valence-electron chi connectivity index (χ0n) is 55.7. The number of ether oxygens (including phenoxy) is 4. The van der Waals surface area contributed by atoms with Crippen molar-refractivity contribution in [3.63, 3.8) is 0 Å². The van der Waals surface area contributed by atoms with Crippen LogP contribution in [0.5, 0.6) is 0 Å². The van der Waals surface area contributed by atoms with Crippen molar-refractivity contribution in [2.75, 3.05) is 47.5 Å². The van der Waals surface area contributed by atoms with Gasteiger partial charge in [-0.05, 0) is 96.3 Å². The van der Waals surface area contributed by atoms with Crippen molar-refractivity contribution >= 4 is 17.9 Å². The van der Waals surface area contributed by atoms with Crippen LogP contribution in [-0.4, -0.2) is 87.4 Å². The lowest BCUT2D eigenvalue weighted by atomic mass is 10.0. The Balaban J connectivity index is 4.09. The number of aliphatic carboxylic acids is 1. The summed E-state index contributed by atoms with van der Waals surface area (Å²) in [6.07, 6.45) is 89.1. The second-order valence-electron chi connectivity index (χ2n) is 24.4. The van der Waals surface area contributed by atoms with Crippen molar-refractivity contribution in [2.45, 2.75) is 309 Å². The third kappa shape index (κ3) is 67.3. The van der Waals surface area contributed by atoms with E-state index in [1.807, 2.05) is 21.1 Å². The molecule has 0 aliphatic heterocycles. The zero-order chi connectivity index (χ0) is 61.9. The van der Waals surface area contributed by atoms with Gasteiger partial charge in [-0.2, -0.15) is 0 Å². The predicted molar refractivity (Wildman–Crippen MR) is 364 cm³/mol. The van der Waals surface area contributed by atoms with Crippen molar-refractivity contribution in [1.82, 2.24) is 0 Å². The van der Waals surface area contributed by atoms with Gasteiger partial charge in [0.2, 0.25) is 0 Å². The molecule has 0 aliphatic carbocycles. The van der Waals surface area contributed by atoms with Crippen molar-refractivity contribution < 1.29 is 42.9 Å². The maximum atomic E-state index is 12.9. The van der Waals surface area contributed by atoms with Crippen LogP contribution in [0, 0.1) is 0 Å². The molecule has 0 aromatic heterocycles. The Hall–Kier alpha value is -4.05. The Morgan fingerprint density at radius 1 is 0.353 bits per heavy atom. The molecule has 0 radical (unpaired) electrons. The Kier molecular flexibility index (Phi) is 62.8. The third-order valence-corrected chi connectivity index (χ3v) is 15.0. The summed E-state index contributed by atoms with van der Waals surface area (Å²) >= 11 is 0. The van der Waals surface area contributed by atoms with Crippen molar-refractivity contribution in [3.05, 3.63) is 109 Å². The molecule has 85 heavy (non-hydrogen) atoms. The van der Waals surface area contributed by atoms with E-state index in [1.54, 1.807) is 0 Å². The molecule has 0 saturated carbocycles. The van der Waals surface area contributed by atoms with Gasteiger partial charge in [0.05, 0.1) is 34.4 Å². The Morgan fingerprint density at radius 3 is 0.941 bits per heavy atom. The first kappa shape index (κ1) is 81.0. The summed E-state index contributed by atoms with van der Waals surface area (Å²) in [7, 11) is 5.98.